The van der Waals surface area contributed by atoms with Crippen LogP contribution in [0.4, 0.5) is 5.95 Å². The monoisotopic (exact) mass is 374 g/mol. The smallest absolute Gasteiger partial charge is 0.261 e. The highest BCUT2D eigenvalue weighted by molar-refractivity contribution is 5.58. The summed E-state index contributed by atoms with van der Waals surface area (Å²) in [6, 6.07) is 4.02. The maximum absolute atomic E-state index is 5.56. The second-order valence-electron chi connectivity index (χ2n) is 7.15. The summed E-state index contributed by atoms with van der Waals surface area (Å²) in [4.78, 5) is 17.3. The van der Waals surface area contributed by atoms with Gasteiger partial charge in [-0.25, -0.2) is 9.97 Å². The Balaban J connectivity index is 1.50. The van der Waals surface area contributed by atoms with Crippen molar-refractivity contribution >= 4 is 5.95 Å². The van der Waals surface area contributed by atoms with E-state index in [1.807, 2.05) is 12.3 Å². The van der Waals surface area contributed by atoms with Crippen LogP contribution < -0.4 is 5.73 Å². The van der Waals surface area contributed by atoms with Gasteiger partial charge in [-0.1, -0.05) is 11.2 Å². The van der Waals surface area contributed by atoms with Crippen LogP contribution in [0.5, 0.6) is 0 Å². The van der Waals surface area contributed by atoms with Crippen molar-refractivity contribution in [3.63, 3.8) is 0 Å². The molecule has 4 heterocycles. The Bertz CT molecular complexity index is 1080. The van der Waals surface area contributed by atoms with Gasteiger partial charge in [0.15, 0.2) is 5.82 Å². The maximum atomic E-state index is 5.56. The normalized spacial score (nSPS) is 16.0. The lowest BCUT2D eigenvalue weighted by molar-refractivity contribution is 0.386. The molecule has 1 aliphatic rings. The minimum absolute atomic E-state index is 0.243. The van der Waals surface area contributed by atoms with Gasteiger partial charge in [0.25, 0.3) is 5.89 Å². The Morgan fingerprint density at radius 1 is 1.07 bits per heavy atom. The second-order valence-corrected chi connectivity index (χ2v) is 7.15. The summed E-state index contributed by atoms with van der Waals surface area (Å²) in [6.07, 6.45) is 10.9. The van der Waals surface area contributed by atoms with Gasteiger partial charge in [-0.15, -0.1) is 0 Å². The molecule has 140 valence electrons. The van der Waals surface area contributed by atoms with Crippen LogP contribution in [0, 0.1) is 5.92 Å². The summed E-state index contributed by atoms with van der Waals surface area (Å²) < 4.78 is 5.49. The average Bonchev–Trinajstić information content (AvgIpc) is 3.23. The van der Waals surface area contributed by atoms with Gasteiger partial charge in [0.05, 0.1) is 22.9 Å². The highest BCUT2D eigenvalue weighted by atomic mass is 16.5. The molecule has 28 heavy (non-hydrogen) atoms. The summed E-state index contributed by atoms with van der Waals surface area (Å²) in [5, 5.41) is 11.0. The van der Waals surface area contributed by atoms with Gasteiger partial charge >= 0.3 is 0 Å². The lowest BCUT2D eigenvalue weighted by atomic mass is 9.77. The number of nitrogens with two attached hydrogens (primary N) is 1. The molecule has 0 amide bonds. The first-order valence-electron chi connectivity index (χ1n) is 9.02. The van der Waals surface area contributed by atoms with E-state index in [9.17, 15) is 0 Å². The molecule has 5 rings (SSSR count). The minimum atomic E-state index is -0.366. The number of aromatic nitrogens is 7. The molecule has 9 nitrogen and oxygen atoms in total. The Kier molecular flexibility index (Phi) is 3.68. The van der Waals surface area contributed by atoms with Crippen molar-refractivity contribution in [3.05, 3.63) is 54.5 Å². The van der Waals surface area contributed by atoms with Gasteiger partial charge in [-0.2, -0.15) is 10.1 Å². The van der Waals surface area contributed by atoms with Gasteiger partial charge in [0, 0.05) is 30.4 Å². The zero-order valence-corrected chi connectivity index (χ0v) is 15.2. The minimum Gasteiger partial charge on any atom is -0.368 e. The second kappa shape index (κ2) is 6.22. The molecule has 1 saturated carbocycles. The fraction of sp³-hybridized carbons (Fsp3) is 0.263. The molecule has 1 fully saturated rings. The number of anilines is 1. The summed E-state index contributed by atoms with van der Waals surface area (Å²) in [5.41, 5.74) is 8.61. The van der Waals surface area contributed by atoms with Gasteiger partial charge < -0.3 is 10.3 Å². The van der Waals surface area contributed by atoms with Crippen molar-refractivity contribution in [2.24, 2.45) is 5.92 Å². The van der Waals surface area contributed by atoms with Crippen LogP contribution in [0.25, 0.3) is 22.7 Å². The molecule has 1 atom stereocenters. The number of nitrogen functional groups attached to an aromatic ring is 1. The largest absolute Gasteiger partial charge is 0.368 e. The summed E-state index contributed by atoms with van der Waals surface area (Å²) in [7, 11) is 0. The van der Waals surface area contributed by atoms with Crippen molar-refractivity contribution in [3.8, 4) is 22.7 Å². The van der Waals surface area contributed by atoms with Gasteiger partial charge in [0.1, 0.15) is 0 Å². The van der Waals surface area contributed by atoms with Crippen LogP contribution in [-0.2, 0) is 5.41 Å². The molecule has 0 radical (unpaired) electrons. The molecule has 4 aromatic rings. The quantitative estimate of drug-likeness (QED) is 0.545. The van der Waals surface area contributed by atoms with Crippen LogP contribution in [0.3, 0.4) is 0 Å². The van der Waals surface area contributed by atoms with E-state index in [1.54, 1.807) is 24.8 Å². The van der Waals surface area contributed by atoms with E-state index in [1.165, 1.54) is 0 Å². The summed E-state index contributed by atoms with van der Waals surface area (Å²) in [6.45, 7) is 2.15. The van der Waals surface area contributed by atoms with Crippen molar-refractivity contribution in [1.82, 2.24) is 35.3 Å². The van der Waals surface area contributed by atoms with E-state index >= 15 is 0 Å². The van der Waals surface area contributed by atoms with Crippen LogP contribution >= 0.6 is 0 Å². The van der Waals surface area contributed by atoms with Crippen LogP contribution in [0.2, 0.25) is 0 Å². The van der Waals surface area contributed by atoms with Gasteiger partial charge in [-0.3, -0.25) is 10.1 Å². The molecule has 0 aliphatic heterocycles. The first-order chi connectivity index (χ1) is 13.6. The van der Waals surface area contributed by atoms with Crippen LogP contribution in [0.15, 0.2) is 47.6 Å². The number of rotatable bonds is 5. The molecule has 0 bridgehead atoms. The molecular formula is C19H18N8O. The summed E-state index contributed by atoms with van der Waals surface area (Å²) >= 11 is 0. The van der Waals surface area contributed by atoms with Gasteiger partial charge in [0.2, 0.25) is 5.95 Å². The predicted molar refractivity (Wildman–Crippen MR) is 101 cm³/mol. The molecule has 0 saturated heterocycles. The summed E-state index contributed by atoms with van der Waals surface area (Å²) in [5.74, 6) is 1.82. The molecule has 4 aromatic heterocycles. The number of aromatic amines is 1. The number of hydrogen-bond acceptors (Lipinski definition) is 8. The molecule has 1 aliphatic carbocycles. The van der Waals surface area contributed by atoms with Crippen molar-refractivity contribution in [2.45, 2.75) is 25.2 Å². The van der Waals surface area contributed by atoms with E-state index < -0.39 is 0 Å². The third kappa shape index (κ3) is 2.72. The third-order valence-electron chi connectivity index (χ3n) is 5.36. The fourth-order valence-corrected chi connectivity index (χ4v) is 3.47. The number of nitrogens with one attached hydrogen (secondary N) is 1. The molecule has 0 spiro atoms. The molecule has 3 N–H and O–H groups in total. The Morgan fingerprint density at radius 2 is 1.89 bits per heavy atom. The van der Waals surface area contributed by atoms with E-state index in [2.05, 4.69) is 48.3 Å². The van der Waals surface area contributed by atoms with E-state index in [4.69, 9.17) is 10.3 Å². The molecule has 0 aromatic carbocycles. The van der Waals surface area contributed by atoms with E-state index in [0.29, 0.717) is 17.6 Å². The first kappa shape index (κ1) is 16.5. The average molecular weight is 374 g/mol. The van der Waals surface area contributed by atoms with Crippen LogP contribution in [-0.4, -0.2) is 35.3 Å². The van der Waals surface area contributed by atoms with Gasteiger partial charge in [-0.05, 0) is 37.3 Å². The lowest BCUT2D eigenvalue weighted by Crippen LogP contribution is -2.28. The Labute approximate surface area is 160 Å². The maximum Gasteiger partial charge on any atom is 0.261 e. The SMILES string of the molecule is C[C@](c1ccc(-c2cnc(N)nc2)nc1)(c1noc(-c2cn[nH]c2)n1)C1CC1. The van der Waals surface area contributed by atoms with Crippen molar-refractivity contribution in [2.75, 3.05) is 5.73 Å². The third-order valence-corrected chi connectivity index (χ3v) is 5.36. The number of pyridine rings is 1. The Hall–Kier alpha value is -3.62. The highest BCUT2D eigenvalue weighted by Crippen LogP contribution is 2.50. The lowest BCUT2D eigenvalue weighted by Gasteiger charge is -2.26. The van der Waals surface area contributed by atoms with E-state index in [-0.39, 0.29) is 11.4 Å². The van der Waals surface area contributed by atoms with Crippen molar-refractivity contribution < 1.29 is 4.52 Å². The number of hydrogen-bond donors (Lipinski definition) is 2. The van der Waals surface area contributed by atoms with Crippen molar-refractivity contribution in [1.29, 1.82) is 0 Å². The standard InChI is InChI=1S/C19H18N8O/c1-19(13-2-3-13,17-26-16(28-27-17)12-8-24-25-9-12)14-4-5-15(21-10-14)11-6-22-18(20)23-7-11/h4-10,13H,2-3H2,1H3,(H,24,25)(H2,20,22,23)/t19-/m0/s1. The zero-order chi connectivity index (χ0) is 19.1. The molecule has 0 unspecified atom stereocenters. The predicted octanol–water partition coefficient (Wildman–Crippen LogP) is 2.61. The van der Waals surface area contributed by atoms with E-state index in [0.717, 1.165) is 35.2 Å². The zero-order valence-electron chi connectivity index (χ0n) is 15.2. The fourth-order valence-electron chi connectivity index (χ4n) is 3.47. The van der Waals surface area contributed by atoms with Crippen LogP contribution in [0.1, 0.15) is 31.2 Å². The first-order valence-corrected chi connectivity index (χ1v) is 9.02. The number of H-pyrrole nitrogens is 1. The topological polar surface area (TPSA) is 132 Å². The Morgan fingerprint density at radius 3 is 2.54 bits per heavy atom. The molecular weight excluding hydrogens is 356 g/mol. The highest BCUT2D eigenvalue weighted by Gasteiger charge is 2.47. The molecule has 9 heteroatoms. The number of nitrogens with zero attached hydrogens (tertiary/aromatic N) is 6.